The van der Waals surface area contributed by atoms with Crippen molar-refractivity contribution in [3.63, 3.8) is 0 Å². The smallest absolute Gasteiger partial charge is 0.300 e. The van der Waals surface area contributed by atoms with Crippen LogP contribution < -0.4 is 11.5 Å². The molecule has 23 heavy (non-hydrogen) atoms. The largest absolute Gasteiger partial charge is 0.481 e. The topological polar surface area (TPSA) is 147 Å². The Morgan fingerprint density at radius 2 is 1.57 bits per heavy atom. The Labute approximate surface area is 140 Å². The quantitative estimate of drug-likeness (QED) is 0.617. The lowest BCUT2D eigenvalue weighted by atomic mass is 10.3. The molecule has 2 rings (SSSR count). The molecular formula is C14H20ClN5O3. The van der Waals surface area contributed by atoms with Gasteiger partial charge >= 0.3 is 0 Å². The lowest BCUT2D eigenvalue weighted by molar-refractivity contribution is -0.134. The van der Waals surface area contributed by atoms with E-state index in [2.05, 4.69) is 15.2 Å². The number of pyridine rings is 1. The maximum atomic E-state index is 9.00. The Bertz CT molecular complexity index is 605. The first-order valence-corrected chi connectivity index (χ1v) is 6.12. The number of benzene rings is 1. The number of nitrogens with two attached hydrogens (primary N) is 2. The van der Waals surface area contributed by atoms with Crippen LogP contribution in [0.15, 0.2) is 52.7 Å². The zero-order valence-electron chi connectivity index (χ0n) is 12.7. The van der Waals surface area contributed by atoms with E-state index in [1.807, 2.05) is 30.3 Å². The van der Waals surface area contributed by atoms with Gasteiger partial charge in [0.15, 0.2) is 5.82 Å². The monoisotopic (exact) mass is 341 g/mol. The average Bonchev–Trinajstić information content (AvgIpc) is 2.49. The molecule has 1 aromatic carbocycles. The Hall–Kier alpha value is -2.71. The molecule has 0 atom stereocenters. The second kappa shape index (κ2) is 13.0. The van der Waals surface area contributed by atoms with Crippen LogP contribution >= 0.6 is 12.4 Å². The molecule has 0 aliphatic heterocycles. The maximum Gasteiger partial charge on any atom is 0.300 e. The van der Waals surface area contributed by atoms with Gasteiger partial charge in [-0.1, -0.05) is 18.2 Å². The number of carbonyl (C=O) groups is 1. The summed E-state index contributed by atoms with van der Waals surface area (Å²) in [6, 6.07) is 12.7. The number of halogens is 1. The third-order valence-electron chi connectivity index (χ3n) is 1.95. The zero-order chi connectivity index (χ0) is 17.0. The number of nitrogens with zero attached hydrogens (tertiary/aromatic N) is 3. The predicted molar refractivity (Wildman–Crippen MR) is 92.4 cm³/mol. The molecule has 1 aromatic heterocycles. The van der Waals surface area contributed by atoms with Gasteiger partial charge in [0, 0.05) is 14.0 Å². The summed E-state index contributed by atoms with van der Waals surface area (Å²) in [6.45, 7) is 1.08. The van der Waals surface area contributed by atoms with E-state index >= 15 is 0 Å². The first-order valence-electron chi connectivity index (χ1n) is 6.12. The first-order chi connectivity index (χ1) is 10.5. The molecule has 0 aliphatic carbocycles. The molecule has 0 amide bonds. The number of aliphatic hydroxyl groups excluding tert-OH is 1. The van der Waals surface area contributed by atoms with Crippen molar-refractivity contribution in [3.05, 3.63) is 42.5 Å². The molecule has 6 N–H and O–H groups in total. The van der Waals surface area contributed by atoms with E-state index in [-0.39, 0.29) is 18.2 Å². The summed E-state index contributed by atoms with van der Waals surface area (Å²) in [6.07, 6.45) is 0. The van der Waals surface area contributed by atoms with Gasteiger partial charge < -0.3 is 21.7 Å². The number of hydrogen-bond donors (Lipinski definition) is 4. The Morgan fingerprint density at radius 3 is 2.04 bits per heavy atom. The number of aliphatic carboxylic acids is 1. The number of anilines is 2. The summed E-state index contributed by atoms with van der Waals surface area (Å²) in [4.78, 5) is 12.9. The van der Waals surface area contributed by atoms with Gasteiger partial charge in [0.1, 0.15) is 11.5 Å². The molecule has 0 aliphatic rings. The van der Waals surface area contributed by atoms with Crippen molar-refractivity contribution >= 4 is 41.4 Å². The summed E-state index contributed by atoms with van der Waals surface area (Å²) < 4.78 is 0. The van der Waals surface area contributed by atoms with E-state index in [1.165, 1.54) is 0 Å². The molecule has 0 fully saturated rings. The van der Waals surface area contributed by atoms with Crippen LogP contribution in [0.3, 0.4) is 0 Å². The Balaban J connectivity index is 0. The number of nitrogen functional groups attached to an aromatic ring is 2. The predicted octanol–water partition coefficient (Wildman–Crippen LogP) is 2.78. The summed E-state index contributed by atoms with van der Waals surface area (Å²) in [5.41, 5.74) is 12.4. The van der Waals surface area contributed by atoms with Gasteiger partial charge in [-0.2, -0.15) is 5.11 Å². The number of rotatable bonds is 2. The third kappa shape index (κ3) is 10.6. The van der Waals surface area contributed by atoms with E-state index in [0.717, 1.165) is 19.7 Å². The Kier molecular flexibility index (Phi) is 12.7. The van der Waals surface area contributed by atoms with Crippen molar-refractivity contribution in [2.24, 2.45) is 10.2 Å². The van der Waals surface area contributed by atoms with E-state index in [0.29, 0.717) is 11.5 Å². The van der Waals surface area contributed by atoms with Crippen molar-refractivity contribution < 1.29 is 15.0 Å². The normalized spacial score (nSPS) is 8.83. The number of hydrogen-bond acceptors (Lipinski definition) is 7. The maximum absolute atomic E-state index is 9.00. The first kappa shape index (κ1) is 22.6. The van der Waals surface area contributed by atoms with Gasteiger partial charge in [0.25, 0.3) is 5.97 Å². The number of carboxylic acids is 1. The highest BCUT2D eigenvalue weighted by Gasteiger charge is 1.98. The highest BCUT2D eigenvalue weighted by molar-refractivity contribution is 5.85. The van der Waals surface area contributed by atoms with Crippen LogP contribution in [-0.4, -0.2) is 28.3 Å². The van der Waals surface area contributed by atoms with E-state index in [9.17, 15) is 0 Å². The molecular weight excluding hydrogens is 322 g/mol. The van der Waals surface area contributed by atoms with Crippen LogP contribution in [0.1, 0.15) is 6.92 Å². The molecule has 1 heterocycles. The average molecular weight is 342 g/mol. The van der Waals surface area contributed by atoms with Gasteiger partial charge in [0.05, 0.1) is 5.69 Å². The molecule has 8 nitrogen and oxygen atoms in total. The van der Waals surface area contributed by atoms with Gasteiger partial charge in [-0.25, -0.2) is 4.98 Å². The lowest BCUT2D eigenvalue weighted by Crippen LogP contribution is -1.95. The minimum Gasteiger partial charge on any atom is -0.481 e. The van der Waals surface area contributed by atoms with E-state index in [4.69, 9.17) is 26.5 Å². The van der Waals surface area contributed by atoms with Crippen molar-refractivity contribution in [3.8, 4) is 0 Å². The number of aromatic nitrogens is 1. The molecule has 0 radical (unpaired) electrons. The highest BCUT2D eigenvalue weighted by Crippen LogP contribution is 2.23. The SMILES string of the molecule is CC(=O)O.CO.Cl.Nc1ccc(/N=N/c2ccccc2)c(N)n1. The second-order valence-corrected chi connectivity index (χ2v) is 3.70. The summed E-state index contributed by atoms with van der Waals surface area (Å²) >= 11 is 0. The fourth-order valence-electron chi connectivity index (χ4n) is 1.17. The van der Waals surface area contributed by atoms with Crippen LogP contribution in [0.4, 0.5) is 23.0 Å². The zero-order valence-corrected chi connectivity index (χ0v) is 13.6. The highest BCUT2D eigenvalue weighted by atomic mass is 35.5. The minimum atomic E-state index is -0.833. The molecule has 0 bridgehead atoms. The molecule has 0 saturated carbocycles. The summed E-state index contributed by atoms with van der Waals surface area (Å²) in [7, 11) is 1.00. The fourth-order valence-corrected chi connectivity index (χ4v) is 1.17. The number of azo groups is 1. The number of aliphatic hydroxyl groups is 1. The lowest BCUT2D eigenvalue weighted by Gasteiger charge is -1.98. The summed E-state index contributed by atoms with van der Waals surface area (Å²) in [5.74, 6) is -0.184. The fraction of sp³-hybridized carbons (Fsp3) is 0.143. The second-order valence-electron chi connectivity index (χ2n) is 3.70. The van der Waals surface area contributed by atoms with E-state index in [1.54, 1.807) is 12.1 Å². The van der Waals surface area contributed by atoms with Crippen molar-refractivity contribution in [2.45, 2.75) is 6.92 Å². The summed E-state index contributed by atoms with van der Waals surface area (Å²) in [5, 5.41) is 22.4. The van der Waals surface area contributed by atoms with Crippen molar-refractivity contribution in [1.29, 1.82) is 0 Å². The van der Waals surface area contributed by atoms with Gasteiger partial charge in [-0.15, -0.1) is 17.5 Å². The number of carboxylic acid groups (broad SMARTS) is 1. The minimum absolute atomic E-state index is 0. The molecule has 0 saturated heterocycles. The van der Waals surface area contributed by atoms with Crippen LogP contribution in [0.5, 0.6) is 0 Å². The molecule has 0 unspecified atom stereocenters. The Morgan fingerprint density at radius 1 is 1.04 bits per heavy atom. The van der Waals surface area contributed by atoms with Crippen LogP contribution in [-0.2, 0) is 4.79 Å². The van der Waals surface area contributed by atoms with Gasteiger partial charge in [-0.05, 0) is 24.3 Å². The van der Waals surface area contributed by atoms with Crippen LogP contribution in [0.25, 0.3) is 0 Å². The van der Waals surface area contributed by atoms with Gasteiger partial charge in [-0.3, -0.25) is 4.79 Å². The van der Waals surface area contributed by atoms with Crippen molar-refractivity contribution in [1.82, 2.24) is 4.98 Å². The molecule has 126 valence electrons. The third-order valence-corrected chi connectivity index (χ3v) is 1.95. The standard InChI is InChI=1S/C11H11N5.C2H4O2.CH4O.ClH/c12-10-7-6-9(11(13)14-10)16-15-8-4-2-1-3-5-8;1-2(3)4;1-2;/h1-7H,(H4,12,13,14);1H3,(H,3,4);2H,1H3;1H/b16-15+;;;. The molecule has 0 spiro atoms. The molecule has 2 aromatic rings. The van der Waals surface area contributed by atoms with E-state index < -0.39 is 5.97 Å². The molecule has 9 heteroatoms. The van der Waals surface area contributed by atoms with Crippen LogP contribution in [0.2, 0.25) is 0 Å². The van der Waals surface area contributed by atoms with Crippen LogP contribution in [0, 0.1) is 0 Å². The van der Waals surface area contributed by atoms with Gasteiger partial charge in [0.2, 0.25) is 0 Å². The van der Waals surface area contributed by atoms with Crippen molar-refractivity contribution in [2.75, 3.05) is 18.6 Å².